The molecule has 16 heavy (non-hydrogen) atoms. The Balaban J connectivity index is 1.66. The summed E-state index contributed by atoms with van der Waals surface area (Å²) in [5.74, 6) is 1.25. The van der Waals surface area contributed by atoms with Crippen LogP contribution in [0.25, 0.3) is 0 Å². The minimum absolute atomic E-state index is 0.131. The Morgan fingerprint density at radius 3 is 3.19 bits per heavy atom. The number of nitrogens with one attached hydrogen (secondary N) is 1. The van der Waals surface area contributed by atoms with Gasteiger partial charge >= 0.3 is 0 Å². The van der Waals surface area contributed by atoms with Crippen molar-refractivity contribution in [3.63, 3.8) is 0 Å². The van der Waals surface area contributed by atoms with Crippen molar-refractivity contribution in [3.05, 3.63) is 11.7 Å². The normalized spacial score (nSPS) is 21.2. The molecule has 1 unspecified atom stereocenters. The van der Waals surface area contributed by atoms with Crippen molar-refractivity contribution in [3.8, 4) is 0 Å². The first-order chi connectivity index (χ1) is 7.88. The van der Waals surface area contributed by atoms with Crippen LogP contribution >= 0.6 is 0 Å². The van der Waals surface area contributed by atoms with Gasteiger partial charge in [-0.25, -0.2) is 0 Å². The molecular weight excluding hydrogens is 210 g/mol. The molecule has 2 heterocycles. The van der Waals surface area contributed by atoms with E-state index in [4.69, 9.17) is 14.0 Å². The molecule has 1 aliphatic rings. The summed E-state index contributed by atoms with van der Waals surface area (Å²) in [4.78, 5) is 4.15. The highest BCUT2D eigenvalue weighted by Crippen LogP contribution is 2.02. The Morgan fingerprint density at radius 1 is 1.56 bits per heavy atom. The van der Waals surface area contributed by atoms with Crippen molar-refractivity contribution in [2.45, 2.75) is 26.1 Å². The summed E-state index contributed by atoms with van der Waals surface area (Å²) in [6, 6.07) is 0. The Bertz CT molecular complexity index is 310. The van der Waals surface area contributed by atoms with Crippen molar-refractivity contribution in [1.29, 1.82) is 0 Å². The molecule has 0 spiro atoms. The van der Waals surface area contributed by atoms with Crippen LogP contribution in [0, 0.1) is 0 Å². The third-order valence-electron chi connectivity index (χ3n) is 2.35. The molecule has 1 fully saturated rings. The molecule has 0 saturated carbocycles. The van der Waals surface area contributed by atoms with Crippen LogP contribution in [0.1, 0.15) is 18.6 Å². The van der Waals surface area contributed by atoms with Gasteiger partial charge in [-0.2, -0.15) is 4.98 Å². The highest BCUT2D eigenvalue weighted by Gasteiger charge is 2.13. The second-order valence-electron chi connectivity index (χ2n) is 3.67. The van der Waals surface area contributed by atoms with E-state index in [0.29, 0.717) is 24.9 Å². The molecule has 90 valence electrons. The molecule has 1 atom stereocenters. The van der Waals surface area contributed by atoms with E-state index in [1.807, 2.05) is 6.92 Å². The van der Waals surface area contributed by atoms with Crippen LogP contribution in [-0.4, -0.2) is 42.5 Å². The number of aromatic nitrogens is 2. The lowest BCUT2D eigenvalue weighted by Crippen LogP contribution is -2.40. The molecule has 6 nitrogen and oxygen atoms in total. The summed E-state index contributed by atoms with van der Waals surface area (Å²) >= 11 is 0. The summed E-state index contributed by atoms with van der Waals surface area (Å²) in [6.07, 6.45) is 0.883. The van der Waals surface area contributed by atoms with Crippen LogP contribution in [0.4, 0.5) is 0 Å². The van der Waals surface area contributed by atoms with Gasteiger partial charge in [-0.3, -0.25) is 0 Å². The topological polar surface area (TPSA) is 69.4 Å². The predicted octanol–water partition coefficient (Wildman–Crippen LogP) is 0.137. The van der Waals surface area contributed by atoms with Crippen molar-refractivity contribution in [2.75, 3.05) is 26.3 Å². The summed E-state index contributed by atoms with van der Waals surface area (Å²) in [5.41, 5.74) is 0. The maximum Gasteiger partial charge on any atom is 0.226 e. The first-order valence-electron chi connectivity index (χ1n) is 5.60. The van der Waals surface area contributed by atoms with Crippen LogP contribution in [0.2, 0.25) is 0 Å². The highest BCUT2D eigenvalue weighted by atomic mass is 16.5. The van der Waals surface area contributed by atoms with Gasteiger partial charge in [-0.1, -0.05) is 12.1 Å². The van der Waals surface area contributed by atoms with Crippen molar-refractivity contribution in [2.24, 2.45) is 0 Å². The number of hydrogen-bond donors (Lipinski definition) is 1. The van der Waals surface area contributed by atoms with Crippen molar-refractivity contribution in [1.82, 2.24) is 15.5 Å². The van der Waals surface area contributed by atoms with Gasteiger partial charge in [0.25, 0.3) is 0 Å². The third kappa shape index (κ3) is 3.26. The second kappa shape index (κ2) is 5.93. The zero-order chi connectivity index (χ0) is 11.2. The summed E-state index contributed by atoms with van der Waals surface area (Å²) < 4.78 is 15.9. The average molecular weight is 227 g/mol. The molecule has 0 radical (unpaired) electrons. The largest absolute Gasteiger partial charge is 0.373 e. The Morgan fingerprint density at radius 2 is 2.50 bits per heavy atom. The van der Waals surface area contributed by atoms with Crippen LogP contribution < -0.4 is 5.32 Å². The molecule has 0 amide bonds. The first kappa shape index (κ1) is 11.5. The molecule has 2 rings (SSSR count). The third-order valence-corrected chi connectivity index (χ3v) is 2.35. The first-order valence-corrected chi connectivity index (χ1v) is 5.60. The number of rotatable bonds is 5. The Kier molecular flexibility index (Phi) is 4.26. The zero-order valence-electron chi connectivity index (χ0n) is 9.44. The fourth-order valence-electron chi connectivity index (χ4n) is 1.50. The lowest BCUT2D eigenvalue weighted by atomic mass is 10.3. The predicted molar refractivity (Wildman–Crippen MR) is 55.9 cm³/mol. The molecule has 1 saturated heterocycles. The van der Waals surface area contributed by atoms with Gasteiger partial charge < -0.3 is 19.3 Å². The van der Waals surface area contributed by atoms with Crippen LogP contribution in [0.5, 0.6) is 0 Å². The smallest absolute Gasteiger partial charge is 0.226 e. The molecule has 1 aliphatic heterocycles. The maximum atomic E-state index is 5.49. The molecule has 6 heteroatoms. The van der Waals surface area contributed by atoms with Gasteiger partial charge in [0.05, 0.1) is 19.3 Å². The number of aryl methyl sites for hydroxylation is 1. The van der Waals surface area contributed by atoms with Gasteiger partial charge in [0, 0.05) is 19.5 Å². The average Bonchev–Trinajstić information content (AvgIpc) is 2.78. The van der Waals surface area contributed by atoms with E-state index in [-0.39, 0.29) is 6.10 Å². The van der Waals surface area contributed by atoms with Crippen molar-refractivity contribution < 1.29 is 14.0 Å². The van der Waals surface area contributed by atoms with Crippen LogP contribution in [0.3, 0.4) is 0 Å². The van der Waals surface area contributed by atoms with E-state index in [1.165, 1.54) is 0 Å². The zero-order valence-corrected chi connectivity index (χ0v) is 9.44. The fraction of sp³-hybridized carbons (Fsp3) is 0.800. The van der Waals surface area contributed by atoms with E-state index in [0.717, 1.165) is 26.1 Å². The standard InChI is InChI=1S/C10H17N3O3/c1-2-10-12-9(13-16-10)7-14-6-8-5-11-3-4-15-8/h8,11H,2-7H2,1H3. The van der Waals surface area contributed by atoms with Gasteiger partial charge in [0.1, 0.15) is 6.61 Å². The maximum absolute atomic E-state index is 5.49. The lowest BCUT2D eigenvalue weighted by Gasteiger charge is -2.22. The van der Waals surface area contributed by atoms with Crippen molar-refractivity contribution >= 4 is 0 Å². The molecule has 1 aromatic rings. The minimum atomic E-state index is 0.131. The summed E-state index contributed by atoms with van der Waals surface area (Å²) in [5, 5.41) is 7.04. The van der Waals surface area contributed by atoms with Gasteiger partial charge in [-0.05, 0) is 0 Å². The number of hydrogen-bond acceptors (Lipinski definition) is 6. The quantitative estimate of drug-likeness (QED) is 0.771. The number of morpholine rings is 1. The molecule has 1 aromatic heterocycles. The van der Waals surface area contributed by atoms with Crippen LogP contribution in [0.15, 0.2) is 4.52 Å². The minimum Gasteiger partial charge on any atom is -0.373 e. The Hall–Kier alpha value is -0.980. The second-order valence-corrected chi connectivity index (χ2v) is 3.67. The lowest BCUT2D eigenvalue weighted by molar-refractivity contribution is -0.0371. The number of nitrogens with zero attached hydrogens (tertiary/aromatic N) is 2. The highest BCUT2D eigenvalue weighted by molar-refractivity contribution is 4.83. The van der Waals surface area contributed by atoms with E-state index in [2.05, 4.69) is 15.5 Å². The summed E-state index contributed by atoms with van der Waals surface area (Å²) in [7, 11) is 0. The van der Waals surface area contributed by atoms with E-state index in [9.17, 15) is 0 Å². The van der Waals surface area contributed by atoms with E-state index >= 15 is 0 Å². The molecular formula is C10H17N3O3. The fourth-order valence-corrected chi connectivity index (χ4v) is 1.50. The van der Waals surface area contributed by atoms with Gasteiger partial charge in [0.15, 0.2) is 5.82 Å². The van der Waals surface area contributed by atoms with Gasteiger partial charge in [-0.15, -0.1) is 0 Å². The molecule has 0 aromatic carbocycles. The Labute approximate surface area is 94.3 Å². The summed E-state index contributed by atoms with van der Waals surface area (Å²) in [6.45, 7) is 5.41. The molecule has 1 N–H and O–H groups in total. The molecule has 0 aliphatic carbocycles. The number of ether oxygens (including phenoxy) is 2. The monoisotopic (exact) mass is 227 g/mol. The van der Waals surface area contributed by atoms with E-state index < -0.39 is 0 Å². The SMILES string of the molecule is CCc1nc(COCC2CNCCO2)no1. The molecule has 0 bridgehead atoms. The van der Waals surface area contributed by atoms with Gasteiger partial charge in [0.2, 0.25) is 5.89 Å². The van der Waals surface area contributed by atoms with E-state index in [1.54, 1.807) is 0 Å². The van der Waals surface area contributed by atoms with Crippen LogP contribution in [-0.2, 0) is 22.5 Å².